The van der Waals surface area contributed by atoms with Crippen LogP contribution in [-0.2, 0) is 54.2 Å². The monoisotopic (exact) mass is 866 g/mol. The number of rotatable bonds is 32. The largest absolute Gasteiger partial charge is 0.458 e. The van der Waals surface area contributed by atoms with E-state index in [9.17, 15) is 28.8 Å². The van der Waals surface area contributed by atoms with Gasteiger partial charge in [-0.05, 0) is 92.1 Å². The smallest absolute Gasteiger partial charge is 0.407 e. The van der Waals surface area contributed by atoms with Gasteiger partial charge in [0.25, 0.3) is 0 Å². The van der Waals surface area contributed by atoms with Crippen LogP contribution in [0.25, 0.3) is 0 Å². The Kier molecular flexibility index (Phi) is 28.8. The average molecular weight is 866 g/mol. The van der Waals surface area contributed by atoms with E-state index >= 15 is 0 Å². The minimum Gasteiger partial charge on any atom is -0.458 e. The van der Waals surface area contributed by atoms with Crippen molar-refractivity contribution in [2.75, 3.05) is 59.3 Å². The molecule has 0 aliphatic rings. The van der Waals surface area contributed by atoms with E-state index < -0.39 is 53.3 Å². The van der Waals surface area contributed by atoms with Crippen molar-refractivity contribution < 1.29 is 57.2 Å². The minimum atomic E-state index is -0.973. The lowest BCUT2D eigenvalue weighted by Crippen LogP contribution is -2.52. The van der Waals surface area contributed by atoms with Crippen molar-refractivity contribution in [1.29, 1.82) is 0 Å². The molecule has 0 heterocycles. The molecule has 0 aliphatic carbocycles. The Hall–Kier alpha value is -4.48. The van der Waals surface area contributed by atoms with E-state index in [0.29, 0.717) is 65.0 Å². The van der Waals surface area contributed by atoms with Crippen molar-refractivity contribution >= 4 is 35.9 Å². The molecule has 1 aromatic carbocycles. The van der Waals surface area contributed by atoms with E-state index in [4.69, 9.17) is 28.4 Å². The molecule has 0 aliphatic heterocycles. The number of esters is 1. The lowest BCUT2D eigenvalue weighted by molar-refractivity contribution is -0.159. The van der Waals surface area contributed by atoms with Crippen molar-refractivity contribution in [3.05, 3.63) is 35.9 Å². The van der Waals surface area contributed by atoms with Crippen molar-refractivity contribution in [3.63, 3.8) is 0 Å². The molecule has 0 aromatic heterocycles. The summed E-state index contributed by atoms with van der Waals surface area (Å²) < 4.78 is 32.6. The second-order valence-corrected chi connectivity index (χ2v) is 16.5. The summed E-state index contributed by atoms with van der Waals surface area (Å²) in [5, 5.41) is 13.8. The molecule has 0 fully saturated rings. The van der Waals surface area contributed by atoms with Gasteiger partial charge in [-0.15, -0.1) is 0 Å². The summed E-state index contributed by atoms with van der Waals surface area (Å²) in [7, 11) is 0. The van der Waals surface area contributed by atoms with E-state index in [0.717, 1.165) is 24.8 Å². The fourth-order valence-corrected chi connectivity index (χ4v) is 5.44. The average Bonchev–Trinajstić information content (AvgIpc) is 3.18. The number of unbranched alkanes of at least 4 members (excludes halogenated alkanes) is 4. The van der Waals surface area contributed by atoms with Gasteiger partial charge < -0.3 is 55.0 Å². The van der Waals surface area contributed by atoms with E-state index in [1.54, 1.807) is 41.5 Å². The zero-order valence-electron chi connectivity index (χ0n) is 37.8. The summed E-state index contributed by atoms with van der Waals surface area (Å²) in [6.45, 7) is 15.4. The molecule has 0 unspecified atom stereocenters. The molecule has 0 bridgehead atoms. The van der Waals surface area contributed by atoms with E-state index in [1.807, 2.05) is 30.3 Å². The van der Waals surface area contributed by atoms with Crippen LogP contribution in [0, 0.1) is 0 Å². The molecule has 0 spiro atoms. The molecule has 2 atom stereocenters. The molecule has 5 N–H and O–H groups in total. The van der Waals surface area contributed by atoms with Gasteiger partial charge in [-0.2, -0.15) is 0 Å². The predicted octanol–water partition coefficient (Wildman–Crippen LogP) is 5.23. The quantitative estimate of drug-likeness (QED) is 0.0358. The minimum absolute atomic E-state index is 0.00667. The lowest BCUT2D eigenvalue weighted by atomic mass is 10.1. The highest BCUT2D eigenvalue weighted by atomic mass is 16.6. The van der Waals surface area contributed by atoms with Crippen LogP contribution in [0.3, 0.4) is 0 Å². The number of amides is 5. The number of carbonyl (C=O) groups is 6. The Labute approximate surface area is 363 Å². The molecule has 1 aromatic rings. The predicted molar refractivity (Wildman–Crippen MR) is 231 cm³/mol. The molecule has 61 heavy (non-hydrogen) atoms. The topological polar surface area (TPSA) is 218 Å². The van der Waals surface area contributed by atoms with Crippen LogP contribution in [0.4, 0.5) is 9.59 Å². The zero-order valence-corrected chi connectivity index (χ0v) is 37.8. The maximum Gasteiger partial charge on any atom is 0.407 e. The van der Waals surface area contributed by atoms with Gasteiger partial charge in [0, 0.05) is 32.5 Å². The molecule has 0 saturated heterocycles. The fraction of sp³-hybridized carbons (Fsp3) is 0.727. The summed E-state index contributed by atoms with van der Waals surface area (Å²) in [5.74, 6) is -1.55. The first-order valence-electron chi connectivity index (χ1n) is 21.7. The second-order valence-electron chi connectivity index (χ2n) is 16.5. The van der Waals surface area contributed by atoms with Crippen molar-refractivity contribution in [2.45, 2.75) is 149 Å². The third kappa shape index (κ3) is 32.0. The number of hydrogen-bond donors (Lipinski definition) is 5. The highest BCUT2D eigenvalue weighted by Gasteiger charge is 2.30. The summed E-state index contributed by atoms with van der Waals surface area (Å²) >= 11 is 0. The van der Waals surface area contributed by atoms with Gasteiger partial charge >= 0.3 is 18.2 Å². The van der Waals surface area contributed by atoms with Crippen molar-refractivity contribution in [3.8, 4) is 0 Å². The fourth-order valence-electron chi connectivity index (χ4n) is 5.44. The molecular formula is C44H75N5O12. The van der Waals surface area contributed by atoms with Crippen LogP contribution in [0.2, 0.25) is 0 Å². The molecular weight excluding hydrogens is 791 g/mol. The summed E-state index contributed by atoms with van der Waals surface area (Å²) in [5.41, 5.74) is -0.536. The summed E-state index contributed by atoms with van der Waals surface area (Å²) in [4.78, 5) is 75.9. The summed E-state index contributed by atoms with van der Waals surface area (Å²) in [6, 6.07) is 7.43. The number of hydrogen-bond acceptors (Lipinski definition) is 12. The van der Waals surface area contributed by atoms with Crippen LogP contribution in [-0.4, -0.2) is 118 Å². The molecule has 1 rings (SSSR count). The standard InChI is InChI=1S/C44H75N5O12/c1-8-9-11-22-37(50)45-24-16-15-21-36(40(53)60-43(2,3)4)49-39(52)35(20-14-17-25-46-42(55)61-44(5,6)7)48-38(51)23-27-56-29-31-58-32-30-57-28-26-47-41(54)59-33-34-18-12-10-13-19-34/h10,12-13,18-19,35-36H,8-9,11,14-17,20-33H2,1-7H3,(H,45,50)(H,46,55)(H,47,54)(H,48,51)(H,49,52)/t35-,36-/m0/s1. The van der Waals surface area contributed by atoms with Crippen LogP contribution < -0.4 is 26.6 Å². The second kappa shape index (κ2) is 32.3. The summed E-state index contributed by atoms with van der Waals surface area (Å²) in [6.07, 6.45) is 4.88. The van der Waals surface area contributed by atoms with Gasteiger partial charge in [0.05, 0.1) is 39.6 Å². The molecule has 0 saturated carbocycles. The van der Waals surface area contributed by atoms with Crippen LogP contribution >= 0.6 is 0 Å². The molecule has 17 heteroatoms. The third-order valence-corrected chi connectivity index (χ3v) is 8.44. The van der Waals surface area contributed by atoms with Gasteiger partial charge in [-0.3, -0.25) is 14.4 Å². The van der Waals surface area contributed by atoms with Crippen molar-refractivity contribution in [2.24, 2.45) is 0 Å². The molecule has 5 amide bonds. The Balaban J connectivity index is 2.57. The van der Waals surface area contributed by atoms with Gasteiger partial charge in [0.15, 0.2) is 0 Å². The maximum absolute atomic E-state index is 13.7. The van der Waals surface area contributed by atoms with E-state index in [1.165, 1.54) is 0 Å². The van der Waals surface area contributed by atoms with E-state index in [2.05, 4.69) is 33.5 Å². The Morgan fingerprint density at radius 1 is 0.557 bits per heavy atom. The van der Waals surface area contributed by atoms with Gasteiger partial charge in [-0.1, -0.05) is 50.1 Å². The first kappa shape index (κ1) is 54.5. The van der Waals surface area contributed by atoms with Gasteiger partial charge in [0.1, 0.15) is 29.9 Å². The van der Waals surface area contributed by atoms with Crippen LogP contribution in [0.15, 0.2) is 30.3 Å². The number of alkyl carbamates (subject to hydrolysis) is 2. The molecule has 0 radical (unpaired) electrons. The zero-order chi connectivity index (χ0) is 45.4. The molecule has 348 valence electrons. The lowest BCUT2D eigenvalue weighted by Gasteiger charge is -2.26. The first-order chi connectivity index (χ1) is 29.0. The normalized spacial score (nSPS) is 12.4. The van der Waals surface area contributed by atoms with Gasteiger partial charge in [-0.25, -0.2) is 14.4 Å². The highest BCUT2D eigenvalue weighted by Crippen LogP contribution is 2.13. The van der Waals surface area contributed by atoms with Crippen LogP contribution in [0.5, 0.6) is 0 Å². The maximum atomic E-state index is 13.7. The van der Waals surface area contributed by atoms with Crippen LogP contribution in [0.1, 0.15) is 125 Å². The van der Waals surface area contributed by atoms with E-state index in [-0.39, 0.29) is 58.1 Å². The third-order valence-electron chi connectivity index (χ3n) is 8.44. The number of carbonyl (C=O) groups excluding carboxylic acids is 6. The molecule has 17 nitrogen and oxygen atoms in total. The Morgan fingerprint density at radius 2 is 1.13 bits per heavy atom. The number of benzene rings is 1. The Morgan fingerprint density at radius 3 is 1.75 bits per heavy atom. The van der Waals surface area contributed by atoms with Crippen molar-refractivity contribution in [1.82, 2.24) is 26.6 Å². The highest BCUT2D eigenvalue weighted by molar-refractivity contribution is 5.90. The first-order valence-corrected chi connectivity index (χ1v) is 21.7. The number of nitrogens with one attached hydrogen (secondary N) is 5. The van der Waals surface area contributed by atoms with Gasteiger partial charge in [0.2, 0.25) is 17.7 Å². The SMILES string of the molecule is CCCCCC(=O)NCCCC[C@H](NC(=O)[C@H](CCCCNC(=O)OC(C)(C)C)NC(=O)CCOCCOCCOCCNC(=O)OCc1ccccc1)C(=O)OC(C)(C)C. The Bertz CT molecular complexity index is 1400. The number of ether oxygens (including phenoxy) is 6.